The molecule has 1 fully saturated rings. The number of aromatic nitrogens is 2. The van der Waals surface area contributed by atoms with E-state index in [1.54, 1.807) is 13.1 Å². The van der Waals surface area contributed by atoms with Gasteiger partial charge in [-0.15, -0.1) is 0 Å². The molecule has 5 nitrogen and oxygen atoms in total. The number of aryl methyl sites for hydroxylation is 1. The quantitative estimate of drug-likeness (QED) is 0.948. The van der Waals surface area contributed by atoms with Crippen molar-refractivity contribution in [1.82, 2.24) is 9.78 Å². The van der Waals surface area contributed by atoms with E-state index in [9.17, 15) is 9.59 Å². The van der Waals surface area contributed by atoms with Gasteiger partial charge in [0, 0.05) is 30.3 Å². The smallest absolute Gasteiger partial charge is 0.266 e. The maximum Gasteiger partial charge on any atom is 0.266 e. The van der Waals surface area contributed by atoms with E-state index in [2.05, 4.69) is 10.4 Å². The van der Waals surface area contributed by atoms with Gasteiger partial charge < -0.3 is 5.32 Å². The maximum atomic E-state index is 12.3. The number of benzene rings is 1. The van der Waals surface area contributed by atoms with Crippen LogP contribution in [0.5, 0.6) is 0 Å². The van der Waals surface area contributed by atoms with Crippen molar-refractivity contribution >= 4 is 11.6 Å². The summed E-state index contributed by atoms with van der Waals surface area (Å²) in [6.45, 7) is 0. The number of nitrogens with zero attached hydrogens (tertiary/aromatic N) is 2. The summed E-state index contributed by atoms with van der Waals surface area (Å²) in [5.41, 5.74) is 2.21. The van der Waals surface area contributed by atoms with Crippen molar-refractivity contribution in [2.24, 2.45) is 13.0 Å². The second kappa shape index (κ2) is 6.77. The Hall–Kier alpha value is -2.43. The Kier molecular flexibility index (Phi) is 4.55. The molecule has 1 aliphatic rings. The van der Waals surface area contributed by atoms with Crippen LogP contribution in [0.2, 0.25) is 0 Å². The third-order valence-electron chi connectivity index (χ3n) is 4.36. The number of rotatable bonds is 3. The molecule has 1 N–H and O–H groups in total. The molecule has 0 aliphatic heterocycles. The topological polar surface area (TPSA) is 64.0 Å². The Bertz CT molecular complexity index is 761. The Labute approximate surface area is 135 Å². The number of hydrogen-bond donors (Lipinski definition) is 1. The molecule has 2 aromatic rings. The molecule has 1 amide bonds. The minimum Gasteiger partial charge on any atom is -0.326 e. The minimum atomic E-state index is -0.143. The number of hydrogen-bond acceptors (Lipinski definition) is 3. The summed E-state index contributed by atoms with van der Waals surface area (Å²) in [4.78, 5) is 23.8. The van der Waals surface area contributed by atoms with Crippen molar-refractivity contribution in [2.45, 2.75) is 32.1 Å². The zero-order chi connectivity index (χ0) is 16.2. The first-order chi connectivity index (χ1) is 11.1. The van der Waals surface area contributed by atoms with Gasteiger partial charge in [-0.1, -0.05) is 31.4 Å². The van der Waals surface area contributed by atoms with Gasteiger partial charge in [0.05, 0.1) is 5.69 Å². The molecular formula is C18H21N3O2. The van der Waals surface area contributed by atoms with Crippen LogP contribution < -0.4 is 10.9 Å². The normalized spacial score (nSPS) is 15.3. The van der Waals surface area contributed by atoms with E-state index in [0.29, 0.717) is 5.69 Å². The molecule has 0 atom stereocenters. The van der Waals surface area contributed by atoms with Crippen LogP contribution in [0, 0.1) is 5.92 Å². The summed E-state index contributed by atoms with van der Waals surface area (Å²) in [6, 6.07) is 10.8. The van der Waals surface area contributed by atoms with E-state index >= 15 is 0 Å². The van der Waals surface area contributed by atoms with Gasteiger partial charge in [-0.3, -0.25) is 9.59 Å². The molecule has 0 saturated heterocycles. The highest BCUT2D eigenvalue weighted by molar-refractivity contribution is 5.93. The second-order valence-corrected chi connectivity index (χ2v) is 6.09. The van der Waals surface area contributed by atoms with Crippen molar-refractivity contribution in [3.63, 3.8) is 0 Å². The van der Waals surface area contributed by atoms with Crippen molar-refractivity contribution in [3.05, 3.63) is 46.8 Å². The van der Waals surface area contributed by atoms with E-state index in [1.807, 2.05) is 24.3 Å². The standard InChI is InChI=1S/C18H21N3O2/c1-21-17(22)11-10-16(20-21)14-8-5-9-15(12-14)19-18(23)13-6-3-2-4-7-13/h5,8-13H,2-4,6-7H2,1H3,(H,19,23). The van der Waals surface area contributed by atoms with Gasteiger partial charge in [0.15, 0.2) is 0 Å². The highest BCUT2D eigenvalue weighted by Crippen LogP contribution is 2.26. The molecule has 0 unspecified atom stereocenters. The first-order valence-electron chi connectivity index (χ1n) is 8.09. The molecule has 23 heavy (non-hydrogen) atoms. The van der Waals surface area contributed by atoms with Gasteiger partial charge in [0.1, 0.15) is 0 Å². The third kappa shape index (κ3) is 3.67. The number of amides is 1. The van der Waals surface area contributed by atoms with Gasteiger partial charge in [-0.05, 0) is 31.0 Å². The summed E-state index contributed by atoms with van der Waals surface area (Å²) in [6.07, 6.45) is 5.47. The molecule has 1 aliphatic carbocycles. The van der Waals surface area contributed by atoms with E-state index in [4.69, 9.17) is 0 Å². The van der Waals surface area contributed by atoms with E-state index in [0.717, 1.165) is 36.9 Å². The lowest BCUT2D eigenvalue weighted by Crippen LogP contribution is -2.24. The van der Waals surface area contributed by atoms with Crippen molar-refractivity contribution < 1.29 is 4.79 Å². The highest BCUT2D eigenvalue weighted by atomic mass is 16.2. The second-order valence-electron chi connectivity index (χ2n) is 6.09. The number of anilines is 1. The summed E-state index contributed by atoms with van der Waals surface area (Å²) in [5.74, 6) is 0.235. The van der Waals surface area contributed by atoms with Crippen LogP contribution >= 0.6 is 0 Å². The minimum absolute atomic E-state index is 0.107. The fourth-order valence-corrected chi connectivity index (χ4v) is 3.02. The van der Waals surface area contributed by atoms with Gasteiger partial charge in [-0.25, -0.2) is 4.68 Å². The molecule has 1 aromatic carbocycles. The van der Waals surface area contributed by atoms with Crippen LogP contribution in [0.15, 0.2) is 41.2 Å². The fraction of sp³-hybridized carbons (Fsp3) is 0.389. The van der Waals surface area contributed by atoms with Crippen LogP contribution in [0.1, 0.15) is 32.1 Å². The Morgan fingerprint density at radius 3 is 2.70 bits per heavy atom. The van der Waals surface area contributed by atoms with Crippen molar-refractivity contribution in [1.29, 1.82) is 0 Å². The fourth-order valence-electron chi connectivity index (χ4n) is 3.02. The summed E-state index contributed by atoms with van der Waals surface area (Å²) >= 11 is 0. The van der Waals surface area contributed by atoms with E-state index in [1.165, 1.54) is 17.2 Å². The SMILES string of the molecule is Cn1nc(-c2cccc(NC(=O)C3CCCCC3)c2)ccc1=O. The predicted octanol–water partition coefficient (Wildman–Crippen LogP) is 2.97. The first-order valence-corrected chi connectivity index (χ1v) is 8.09. The summed E-state index contributed by atoms with van der Waals surface area (Å²) < 4.78 is 1.31. The van der Waals surface area contributed by atoms with Crippen LogP contribution in [-0.2, 0) is 11.8 Å². The van der Waals surface area contributed by atoms with Crippen molar-refractivity contribution in [3.8, 4) is 11.3 Å². The summed E-state index contributed by atoms with van der Waals surface area (Å²) in [7, 11) is 1.63. The maximum absolute atomic E-state index is 12.3. The molecule has 0 radical (unpaired) electrons. The lowest BCUT2D eigenvalue weighted by atomic mass is 9.88. The molecule has 1 heterocycles. The Balaban J connectivity index is 1.78. The Morgan fingerprint density at radius 2 is 1.96 bits per heavy atom. The van der Waals surface area contributed by atoms with Crippen LogP contribution in [0.4, 0.5) is 5.69 Å². The zero-order valence-corrected chi connectivity index (χ0v) is 13.3. The summed E-state index contributed by atoms with van der Waals surface area (Å²) in [5, 5.41) is 7.26. The molecular weight excluding hydrogens is 290 g/mol. The van der Waals surface area contributed by atoms with Crippen LogP contribution in [-0.4, -0.2) is 15.7 Å². The third-order valence-corrected chi connectivity index (χ3v) is 4.36. The van der Waals surface area contributed by atoms with Crippen LogP contribution in [0.25, 0.3) is 11.3 Å². The molecule has 1 saturated carbocycles. The molecule has 0 bridgehead atoms. The van der Waals surface area contributed by atoms with E-state index < -0.39 is 0 Å². The zero-order valence-electron chi connectivity index (χ0n) is 13.3. The van der Waals surface area contributed by atoms with Crippen molar-refractivity contribution in [2.75, 3.05) is 5.32 Å². The first kappa shape index (κ1) is 15.5. The molecule has 1 aromatic heterocycles. The number of carbonyl (C=O) groups excluding carboxylic acids is 1. The highest BCUT2D eigenvalue weighted by Gasteiger charge is 2.21. The molecule has 0 spiro atoms. The van der Waals surface area contributed by atoms with Gasteiger partial charge in [0.25, 0.3) is 5.56 Å². The van der Waals surface area contributed by atoms with Gasteiger partial charge in [0.2, 0.25) is 5.91 Å². The lowest BCUT2D eigenvalue weighted by Gasteiger charge is -2.20. The predicted molar refractivity (Wildman–Crippen MR) is 90.1 cm³/mol. The average Bonchev–Trinajstić information content (AvgIpc) is 2.58. The average molecular weight is 311 g/mol. The van der Waals surface area contributed by atoms with Gasteiger partial charge >= 0.3 is 0 Å². The number of nitrogens with one attached hydrogen (secondary N) is 1. The van der Waals surface area contributed by atoms with Crippen LogP contribution in [0.3, 0.4) is 0 Å². The molecule has 120 valence electrons. The molecule has 5 heteroatoms. The molecule has 3 rings (SSSR count). The van der Waals surface area contributed by atoms with E-state index in [-0.39, 0.29) is 17.4 Å². The Morgan fingerprint density at radius 1 is 1.17 bits per heavy atom. The lowest BCUT2D eigenvalue weighted by molar-refractivity contribution is -0.120. The van der Waals surface area contributed by atoms with Gasteiger partial charge in [-0.2, -0.15) is 5.10 Å². The largest absolute Gasteiger partial charge is 0.326 e. The number of carbonyl (C=O) groups is 1. The monoisotopic (exact) mass is 311 g/mol.